The first-order valence-corrected chi connectivity index (χ1v) is 11.1. The number of aromatic nitrogens is 2. The lowest BCUT2D eigenvalue weighted by atomic mass is 10.2. The Bertz CT molecular complexity index is 1220. The van der Waals surface area contributed by atoms with Gasteiger partial charge in [-0.25, -0.2) is 23.1 Å². The number of fused-ring (bicyclic) bond motifs is 1. The maximum atomic E-state index is 13.8. The van der Waals surface area contributed by atoms with Gasteiger partial charge in [-0.05, 0) is 38.7 Å². The maximum absolute atomic E-state index is 13.8. The van der Waals surface area contributed by atoms with Crippen LogP contribution in [0.2, 0.25) is 0 Å². The lowest BCUT2D eigenvalue weighted by Crippen LogP contribution is -2.23. The number of thiophene rings is 1. The van der Waals surface area contributed by atoms with E-state index in [1.54, 1.807) is 6.92 Å². The minimum Gasteiger partial charge on any atom is -0.483 e. The zero-order chi connectivity index (χ0) is 24.7. The first kappa shape index (κ1) is 25.3. The summed E-state index contributed by atoms with van der Waals surface area (Å²) < 4.78 is 45.0. The van der Waals surface area contributed by atoms with Gasteiger partial charge in [0.05, 0.1) is 29.0 Å². The summed E-state index contributed by atoms with van der Waals surface area (Å²) in [6, 6.07) is 3.60. The number of carbonyl (C=O) groups excluding carboxylic acids is 1. The molecule has 0 radical (unpaired) electrons. The summed E-state index contributed by atoms with van der Waals surface area (Å²) in [7, 11) is 3.81. The highest BCUT2D eigenvalue weighted by Crippen LogP contribution is 2.36. The Labute approximate surface area is 199 Å². The second-order valence-electron chi connectivity index (χ2n) is 7.55. The fraction of sp³-hybridized carbons (Fsp3) is 0.348. The number of carbonyl (C=O) groups is 1. The number of halogens is 3. The van der Waals surface area contributed by atoms with Crippen LogP contribution in [0.4, 0.5) is 24.7 Å². The van der Waals surface area contributed by atoms with Crippen molar-refractivity contribution in [1.82, 2.24) is 20.2 Å². The van der Waals surface area contributed by atoms with Crippen LogP contribution in [0.1, 0.15) is 15.2 Å². The standard InChI is InChI=1S/C23H24F3N5O2S/c1-14-19-21(30-17-7-6-15(26)10-18(17)33-16(11-24)12-25)28-13-29-23(19)34-20(14)22(32)27-8-4-5-9-31(2)3/h6-7,10,13,16H,8-9,11-12H2,1-3H3,(H,27,32)(H,28,29,30). The highest BCUT2D eigenvalue weighted by Gasteiger charge is 2.20. The molecule has 34 heavy (non-hydrogen) atoms. The van der Waals surface area contributed by atoms with Crippen LogP contribution in [0.5, 0.6) is 5.75 Å². The van der Waals surface area contributed by atoms with Crippen LogP contribution in [0.15, 0.2) is 24.5 Å². The summed E-state index contributed by atoms with van der Waals surface area (Å²) in [4.78, 5) is 24.1. The Morgan fingerprint density at radius 1 is 1.24 bits per heavy atom. The number of ether oxygens (including phenoxy) is 1. The molecular formula is C23H24F3N5O2S. The van der Waals surface area contributed by atoms with Crippen LogP contribution in [-0.4, -0.2) is 67.4 Å². The number of benzene rings is 1. The number of nitrogens with zero attached hydrogens (tertiary/aromatic N) is 3. The third-order valence-corrected chi connectivity index (χ3v) is 5.82. The maximum Gasteiger partial charge on any atom is 0.262 e. The molecule has 0 aliphatic rings. The smallest absolute Gasteiger partial charge is 0.262 e. The second kappa shape index (κ2) is 11.7. The highest BCUT2D eigenvalue weighted by molar-refractivity contribution is 7.20. The van der Waals surface area contributed by atoms with Gasteiger partial charge in [0.15, 0.2) is 6.10 Å². The Kier molecular flexibility index (Phi) is 8.67. The molecule has 2 N–H and O–H groups in total. The summed E-state index contributed by atoms with van der Waals surface area (Å²) in [5.41, 5.74) is 0.915. The number of alkyl halides is 2. The van der Waals surface area contributed by atoms with Gasteiger partial charge in [0.25, 0.3) is 5.91 Å². The van der Waals surface area contributed by atoms with Crippen molar-refractivity contribution in [3.05, 3.63) is 40.8 Å². The molecule has 2 heterocycles. The Morgan fingerprint density at radius 3 is 2.71 bits per heavy atom. The summed E-state index contributed by atoms with van der Waals surface area (Å²) in [6.45, 7) is 0.439. The van der Waals surface area contributed by atoms with E-state index >= 15 is 0 Å². The molecule has 0 saturated heterocycles. The number of rotatable bonds is 9. The van der Waals surface area contributed by atoms with Crippen molar-refractivity contribution < 1.29 is 22.7 Å². The second-order valence-corrected chi connectivity index (χ2v) is 8.55. The summed E-state index contributed by atoms with van der Waals surface area (Å²) in [6.07, 6.45) is -0.0304. The molecule has 0 atom stereocenters. The van der Waals surface area contributed by atoms with Gasteiger partial charge in [0.1, 0.15) is 41.9 Å². The molecule has 180 valence electrons. The Morgan fingerprint density at radius 2 is 2.00 bits per heavy atom. The van der Waals surface area contributed by atoms with Gasteiger partial charge in [0, 0.05) is 6.07 Å². The summed E-state index contributed by atoms with van der Waals surface area (Å²) >= 11 is 1.20. The molecule has 1 amide bonds. The van der Waals surface area contributed by atoms with Crippen molar-refractivity contribution in [2.45, 2.75) is 13.0 Å². The van der Waals surface area contributed by atoms with E-state index in [9.17, 15) is 18.0 Å². The third kappa shape index (κ3) is 6.15. The van der Waals surface area contributed by atoms with Crippen LogP contribution in [-0.2, 0) is 0 Å². The number of anilines is 2. The molecule has 0 aliphatic carbocycles. The number of nitrogens with one attached hydrogen (secondary N) is 2. The van der Waals surface area contributed by atoms with Gasteiger partial charge in [-0.1, -0.05) is 11.8 Å². The summed E-state index contributed by atoms with van der Waals surface area (Å²) in [5, 5.41) is 6.39. The average Bonchev–Trinajstić information content (AvgIpc) is 3.16. The zero-order valence-electron chi connectivity index (χ0n) is 18.9. The van der Waals surface area contributed by atoms with Gasteiger partial charge in [-0.2, -0.15) is 0 Å². The van der Waals surface area contributed by atoms with Crippen molar-refractivity contribution in [3.63, 3.8) is 0 Å². The number of hydrogen-bond acceptors (Lipinski definition) is 7. The average molecular weight is 492 g/mol. The lowest BCUT2D eigenvalue weighted by Gasteiger charge is -2.17. The van der Waals surface area contributed by atoms with Gasteiger partial charge in [0.2, 0.25) is 0 Å². The van der Waals surface area contributed by atoms with E-state index in [-0.39, 0.29) is 23.9 Å². The first-order valence-electron chi connectivity index (χ1n) is 10.3. The molecule has 0 unspecified atom stereocenters. The van der Waals surface area contributed by atoms with Crippen LogP contribution >= 0.6 is 11.3 Å². The number of hydrogen-bond donors (Lipinski definition) is 2. The van der Waals surface area contributed by atoms with Crippen molar-refractivity contribution >= 4 is 39.0 Å². The number of aryl methyl sites for hydroxylation is 1. The Balaban J connectivity index is 1.87. The zero-order valence-corrected chi connectivity index (χ0v) is 19.7. The monoisotopic (exact) mass is 491 g/mol. The third-order valence-electron chi connectivity index (χ3n) is 4.63. The van der Waals surface area contributed by atoms with E-state index in [1.807, 2.05) is 19.0 Å². The van der Waals surface area contributed by atoms with Gasteiger partial charge < -0.3 is 15.4 Å². The predicted octanol–water partition coefficient (Wildman–Crippen LogP) is 3.86. The predicted molar refractivity (Wildman–Crippen MR) is 127 cm³/mol. The van der Waals surface area contributed by atoms with E-state index < -0.39 is 25.3 Å². The highest BCUT2D eigenvalue weighted by atomic mass is 32.1. The minimum atomic E-state index is -1.35. The lowest BCUT2D eigenvalue weighted by molar-refractivity contribution is 0.0962. The topological polar surface area (TPSA) is 79.4 Å². The minimum absolute atomic E-state index is 0.0609. The Hall–Kier alpha value is -3.36. The van der Waals surface area contributed by atoms with Crippen molar-refractivity contribution in [1.29, 1.82) is 0 Å². The van der Waals surface area contributed by atoms with E-state index in [1.165, 1.54) is 29.8 Å². The molecule has 11 heteroatoms. The molecule has 2 aromatic heterocycles. The van der Waals surface area contributed by atoms with Crippen molar-refractivity contribution in [2.24, 2.45) is 0 Å². The fourth-order valence-electron chi connectivity index (χ4n) is 2.97. The molecule has 0 saturated carbocycles. The van der Waals surface area contributed by atoms with Crippen molar-refractivity contribution in [3.8, 4) is 17.6 Å². The molecule has 3 rings (SSSR count). The van der Waals surface area contributed by atoms with Crippen LogP contribution in [0.3, 0.4) is 0 Å². The van der Waals surface area contributed by atoms with Crippen LogP contribution < -0.4 is 15.4 Å². The van der Waals surface area contributed by atoms with E-state index in [0.29, 0.717) is 33.0 Å². The van der Waals surface area contributed by atoms with Crippen LogP contribution in [0, 0.1) is 24.6 Å². The first-order chi connectivity index (χ1) is 16.3. The molecule has 0 fully saturated rings. The summed E-state index contributed by atoms with van der Waals surface area (Å²) in [5.74, 6) is 5.22. The molecule has 0 bridgehead atoms. The van der Waals surface area contributed by atoms with E-state index in [2.05, 4.69) is 32.4 Å². The molecule has 7 nitrogen and oxygen atoms in total. The van der Waals surface area contributed by atoms with Gasteiger partial charge in [-0.15, -0.1) is 11.3 Å². The fourth-order valence-corrected chi connectivity index (χ4v) is 4.04. The van der Waals surface area contributed by atoms with Crippen molar-refractivity contribution in [2.75, 3.05) is 45.9 Å². The molecule has 3 aromatic rings. The largest absolute Gasteiger partial charge is 0.483 e. The van der Waals surface area contributed by atoms with Crippen LogP contribution in [0.25, 0.3) is 10.2 Å². The molecule has 1 aromatic carbocycles. The normalized spacial score (nSPS) is 10.9. The number of amides is 1. The van der Waals surface area contributed by atoms with Gasteiger partial charge in [-0.3, -0.25) is 9.69 Å². The van der Waals surface area contributed by atoms with Gasteiger partial charge >= 0.3 is 0 Å². The molecular weight excluding hydrogens is 467 g/mol. The molecule has 0 spiro atoms. The van der Waals surface area contributed by atoms with E-state index in [4.69, 9.17) is 4.74 Å². The molecule has 0 aliphatic heterocycles. The van der Waals surface area contributed by atoms with E-state index in [0.717, 1.165) is 6.07 Å². The SMILES string of the molecule is Cc1c(C(=O)NCC#CCN(C)C)sc2ncnc(Nc3ccc(F)cc3OC(CF)CF)c12. The quantitative estimate of drug-likeness (QED) is 0.443.